The summed E-state index contributed by atoms with van der Waals surface area (Å²) in [5, 5.41) is 3.76. The third-order valence-corrected chi connectivity index (χ3v) is 5.59. The summed E-state index contributed by atoms with van der Waals surface area (Å²) >= 11 is 0. The predicted octanol–water partition coefficient (Wildman–Crippen LogP) is 3.29. The topological polar surface area (TPSA) is 24.5 Å². The van der Waals surface area contributed by atoms with Gasteiger partial charge in [-0.05, 0) is 51.0 Å². The zero-order valence-corrected chi connectivity index (χ0v) is 15.0. The van der Waals surface area contributed by atoms with Crippen molar-refractivity contribution in [3.05, 3.63) is 0 Å². The molecule has 3 heteroatoms. The molecule has 0 bridgehead atoms. The molecule has 0 aromatic rings. The molecule has 1 saturated heterocycles. The lowest BCUT2D eigenvalue weighted by atomic mass is 9.69. The maximum absolute atomic E-state index is 5.84. The first-order valence-corrected chi connectivity index (χ1v) is 8.93. The van der Waals surface area contributed by atoms with Crippen molar-refractivity contribution in [2.45, 2.75) is 85.0 Å². The third-order valence-electron chi connectivity index (χ3n) is 5.59. The molecule has 1 aliphatic heterocycles. The van der Waals surface area contributed by atoms with E-state index in [-0.39, 0.29) is 0 Å². The molecule has 21 heavy (non-hydrogen) atoms. The highest BCUT2D eigenvalue weighted by atomic mass is 16.5. The average molecular weight is 296 g/mol. The summed E-state index contributed by atoms with van der Waals surface area (Å²) in [5.74, 6) is 0.836. The number of ether oxygens (including phenoxy) is 1. The number of rotatable bonds is 3. The second kappa shape index (κ2) is 6.97. The van der Waals surface area contributed by atoms with Gasteiger partial charge in [0.2, 0.25) is 0 Å². The van der Waals surface area contributed by atoms with Gasteiger partial charge in [-0.1, -0.05) is 27.7 Å². The lowest BCUT2D eigenvalue weighted by Gasteiger charge is -2.50. The maximum atomic E-state index is 5.84. The summed E-state index contributed by atoms with van der Waals surface area (Å²) in [7, 11) is 0. The third kappa shape index (κ3) is 4.20. The Morgan fingerprint density at radius 3 is 2.52 bits per heavy atom. The lowest BCUT2D eigenvalue weighted by molar-refractivity contribution is -0.0838. The molecule has 2 rings (SSSR count). The summed E-state index contributed by atoms with van der Waals surface area (Å²) in [5.41, 5.74) is 0.427. The Bertz CT molecular complexity index is 326. The van der Waals surface area contributed by atoms with E-state index in [0.29, 0.717) is 29.6 Å². The molecule has 0 spiro atoms. The Hall–Kier alpha value is -0.120. The number of morpholine rings is 1. The van der Waals surface area contributed by atoms with Crippen LogP contribution >= 0.6 is 0 Å². The molecule has 5 unspecified atom stereocenters. The molecular formula is C18H36N2O. The monoisotopic (exact) mass is 296 g/mol. The van der Waals surface area contributed by atoms with Crippen molar-refractivity contribution >= 4 is 0 Å². The van der Waals surface area contributed by atoms with Gasteiger partial charge in [0, 0.05) is 24.7 Å². The number of nitrogens with zero attached hydrogens (tertiary/aromatic N) is 1. The van der Waals surface area contributed by atoms with Crippen LogP contribution < -0.4 is 5.32 Å². The van der Waals surface area contributed by atoms with Gasteiger partial charge in [0.25, 0.3) is 0 Å². The van der Waals surface area contributed by atoms with Crippen molar-refractivity contribution in [1.29, 1.82) is 0 Å². The van der Waals surface area contributed by atoms with Gasteiger partial charge in [-0.3, -0.25) is 4.90 Å². The Morgan fingerprint density at radius 1 is 1.19 bits per heavy atom. The van der Waals surface area contributed by atoms with E-state index in [1.165, 1.54) is 19.3 Å². The summed E-state index contributed by atoms with van der Waals surface area (Å²) in [6, 6.07) is 1.87. The molecule has 2 aliphatic rings. The second-order valence-corrected chi connectivity index (χ2v) is 8.30. The largest absolute Gasteiger partial charge is 0.376 e. The van der Waals surface area contributed by atoms with Gasteiger partial charge in [0.15, 0.2) is 0 Å². The smallest absolute Gasteiger partial charge is 0.0674 e. The SMILES string of the molecule is CCNC1CCC(C(C)(C)C)CC1N1CC(C)OCC1C. The maximum Gasteiger partial charge on any atom is 0.0674 e. The Morgan fingerprint density at radius 2 is 1.90 bits per heavy atom. The predicted molar refractivity (Wildman–Crippen MR) is 89.6 cm³/mol. The van der Waals surface area contributed by atoms with Gasteiger partial charge < -0.3 is 10.1 Å². The average Bonchev–Trinajstić information content (AvgIpc) is 2.41. The van der Waals surface area contributed by atoms with Crippen LogP contribution in [0.3, 0.4) is 0 Å². The van der Waals surface area contributed by atoms with E-state index in [9.17, 15) is 0 Å². The fourth-order valence-electron chi connectivity index (χ4n) is 4.19. The van der Waals surface area contributed by atoms with Gasteiger partial charge in [-0.15, -0.1) is 0 Å². The molecule has 3 nitrogen and oxygen atoms in total. The minimum atomic E-state index is 0.374. The van der Waals surface area contributed by atoms with E-state index in [0.717, 1.165) is 25.6 Å². The van der Waals surface area contributed by atoms with Gasteiger partial charge in [0.1, 0.15) is 0 Å². The number of hydrogen-bond acceptors (Lipinski definition) is 3. The first-order chi connectivity index (χ1) is 9.82. The van der Waals surface area contributed by atoms with Gasteiger partial charge in [0.05, 0.1) is 12.7 Å². The normalized spacial score (nSPS) is 39.4. The molecule has 0 aromatic carbocycles. The first-order valence-electron chi connectivity index (χ1n) is 8.93. The van der Waals surface area contributed by atoms with E-state index in [1.807, 2.05) is 0 Å². The Balaban J connectivity index is 2.12. The Labute approximate surface area is 131 Å². The molecule has 5 atom stereocenters. The van der Waals surface area contributed by atoms with Gasteiger partial charge in [-0.25, -0.2) is 0 Å². The van der Waals surface area contributed by atoms with Crippen LogP contribution in [0.15, 0.2) is 0 Å². The highest BCUT2D eigenvalue weighted by Crippen LogP contribution is 2.40. The van der Waals surface area contributed by atoms with Crippen molar-refractivity contribution < 1.29 is 4.74 Å². The molecule has 124 valence electrons. The Kier molecular flexibility index (Phi) is 5.72. The van der Waals surface area contributed by atoms with E-state index in [4.69, 9.17) is 4.74 Å². The van der Waals surface area contributed by atoms with Crippen molar-refractivity contribution in [2.75, 3.05) is 19.7 Å². The van der Waals surface area contributed by atoms with Crippen LogP contribution in [-0.2, 0) is 4.74 Å². The number of nitrogens with one attached hydrogen (secondary N) is 1. The van der Waals surface area contributed by atoms with E-state index >= 15 is 0 Å². The second-order valence-electron chi connectivity index (χ2n) is 8.30. The molecule has 1 N–H and O–H groups in total. The zero-order chi connectivity index (χ0) is 15.6. The highest BCUT2D eigenvalue weighted by molar-refractivity contribution is 4.96. The summed E-state index contributed by atoms with van der Waals surface area (Å²) in [6.45, 7) is 17.1. The molecule has 0 radical (unpaired) electrons. The standard InChI is InChI=1S/C18H36N2O/c1-7-19-16-9-8-15(18(4,5)6)10-17(16)20-11-14(3)21-12-13(20)2/h13-17,19H,7-12H2,1-6H3. The molecule has 0 amide bonds. The van der Waals surface area contributed by atoms with Gasteiger partial charge >= 0.3 is 0 Å². The zero-order valence-electron chi connectivity index (χ0n) is 15.0. The van der Waals surface area contributed by atoms with Crippen LogP contribution in [0.2, 0.25) is 0 Å². The van der Waals surface area contributed by atoms with Crippen molar-refractivity contribution in [3.8, 4) is 0 Å². The van der Waals surface area contributed by atoms with Crippen LogP contribution in [0.5, 0.6) is 0 Å². The summed E-state index contributed by atoms with van der Waals surface area (Å²) in [4.78, 5) is 2.74. The summed E-state index contributed by atoms with van der Waals surface area (Å²) < 4.78 is 5.84. The lowest BCUT2D eigenvalue weighted by Crippen LogP contribution is -2.60. The van der Waals surface area contributed by atoms with E-state index < -0.39 is 0 Å². The van der Waals surface area contributed by atoms with Crippen molar-refractivity contribution in [2.24, 2.45) is 11.3 Å². The molecule has 1 aliphatic carbocycles. The number of hydrogen-bond donors (Lipinski definition) is 1. The van der Waals surface area contributed by atoms with Crippen LogP contribution in [0.1, 0.15) is 60.8 Å². The minimum Gasteiger partial charge on any atom is -0.376 e. The first kappa shape index (κ1) is 17.2. The van der Waals surface area contributed by atoms with Crippen LogP contribution in [0.4, 0.5) is 0 Å². The van der Waals surface area contributed by atoms with Crippen molar-refractivity contribution in [1.82, 2.24) is 10.2 Å². The van der Waals surface area contributed by atoms with Gasteiger partial charge in [-0.2, -0.15) is 0 Å². The fourth-order valence-corrected chi connectivity index (χ4v) is 4.19. The van der Waals surface area contributed by atoms with E-state index in [1.54, 1.807) is 0 Å². The fraction of sp³-hybridized carbons (Fsp3) is 1.00. The van der Waals surface area contributed by atoms with Crippen LogP contribution in [-0.4, -0.2) is 48.8 Å². The molecule has 1 saturated carbocycles. The molecule has 1 heterocycles. The number of likely N-dealkylation sites (N-methyl/N-ethyl adjacent to an activating group) is 1. The molecule has 2 fully saturated rings. The minimum absolute atomic E-state index is 0.374. The van der Waals surface area contributed by atoms with E-state index in [2.05, 4.69) is 51.8 Å². The molecule has 0 aromatic heterocycles. The summed E-state index contributed by atoms with van der Waals surface area (Å²) in [6.07, 6.45) is 4.39. The van der Waals surface area contributed by atoms with Crippen molar-refractivity contribution in [3.63, 3.8) is 0 Å². The quantitative estimate of drug-likeness (QED) is 0.865. The highest BCUT2D eigenvalue weighted by Gasteiger charge is 2.40. The van der Waals surface area contributed by atoms with Crippen LogP contribution in [0, 0.1) is 11.3 Å². The molecular weight excluding hydrogens is 260 g/mol. The van der Waals surface area contributed by atoms with Crippen LogP contribution in [0.25, 0.3) is 0 Å².